The first-order valence-corrected chi connectivity index (χ1v) is 22.2. The number of nitrogens with one attached hydrogen (secondary N) is 2. The molecule has 1 atom stereocenters. The van der Waals surface area contributed by atoms with E-state index in [0.29, 0.717) is 89.3 Å². The van der Waals surface area contributed by atoms with Gasteiger partial charge in [0.2, 0.25) is 29.6 Å². The third-order valence-corrected chi connectivity index (χ3v) is 11.8. The lowest BCUT2D eigenvalue weighted by atomic mass is 10.0. The fourth-order valence-electron chi connectivity index (χ4n) is 7.96. The van der Waals surface area contributed by atoms with E-state index in [1.165, 1.54) is 34.1 Å². The van der Waals surface area contributed by atoms with Crippen LogP contribution in [0, 0.1) is 11.6 Å². The number of carbonyl (C=O) groups excluding carboxylic acids is 5. The molecule has 21 heteroatoms. The third-order valence-electron chi connectivity index (χ3n) is 11.5. The van der Waals surface area contributed by atoms with Crippen LogP contribution >= 0.6 is 11.6 Å². The summed E-state index contributed by atoms with van der Waals surface area (Å²) >= 11 is 6.56. The van der Waals surface area contributed by atoms with E-state index in [2.05, 4.69) is 27.2 Å². The van der Waals surface area contributed by atoms with Crippen LogP contribution in [0.15, 0.2) is 55.1 Å². The van der Waals surface area contributed by atoms with Gasteiger partial charge in [-0.2, -0.15) is 4.98 Å². The number of hydrogen-bond donors (Lipinski definition) is 3. The van der Waals surface area contributed by atoms with E-state index in [4.69, 9.17) is 30.5 Å². The molecule has 0 saturated carbocycles. The number of phenols is 1. The van der Waals surface area contributed by atoms with E-state index in [1.54, 1.807) is 30.1 Å². The number of halogens is 3. The predicted octanol–water partition coefficient (Wildman–Crippen LogP) is 3.92. The molecule has 3 aliphatic heterocycles. The van der Waals surface area contributed by atoms with Gasteiger partial charge in [0.15, 0.2) is 5.82 Å². The van der Waals surface area contributed by atoms with Gasteiger partial charge in [-0.1, -0.05) is 24.2 Å². The number of fused-ring (bicyclic) bond motifs is 2. The topological polar surface area (TPSA) is 205 Å². The number of amides is 5. The molecule has 5 amide bonds. The largest absolute Gasteiger partial charge is 0.507 e. The number of piperazine rings is 1. The van der Waals surface area contributed by atoms with Crippen LogP contribution < -0.4 is 20.3 Å². The number of ether oxygens (including phenoxy) is 4. The number of likely N-dealkylation sites (N-methyl/N-ethyl adjacent to an activating group) is 1. The number of piperidine rings is 1. The molecule has 2 saturated heterocycles. The van der Waals surface area contributed by atoms with Crippen LogP contribution in [-0.4, -0.2) is 158 Å². The Kier molecular flexibility index (Phi) is 16.2. The lowest BCUT2D eigenvalue weighted by Gasteiger charge is -2.35. The predicted molar refractivity (Wildman–Crippen MR) is 242 cm³/mol. The Morgan fingerprint density at radius 2 is 1.69 bits per heavy atom. The molecular weight excluding hydrogens is 898 g/mol. The van der Waals surface area contributed by atoms with Crippen molar-refractivity contribution in [1.82, 2.24) is 30.0 Å². The highest BCUT2D eigenvalue weighted by Gasteiger charge is 2.39. The van der Waals surface area contributed by atoms with Crippen LogP contribution in [0.1, 0.15) is 35.2 Å². The molecule has 67 heavy (non-hydrogen) atoms. The number of carbonyl (C=O) groups is 5. The van der Waals surface area contributed by atoms with Gasteiger partial charge in [-0.05, 0) is 54.5 Å². The smallest absolute Gasteiger partial charge is 0.255 e. The summed E-state index contributed by atoms with van der Waals surface area (Å²) < 4.78 is 54.0. The molecule has 0 spiro atoms. The molecule has 3 aliphatic rings. The van der Waals surface area contributed by atoms with Gasteiger partial charge in [-0.3, -0.25) is 29.3 Å². The van der Waals surface area contributed by atoms with Crippen molar-refractivity contribution in [2.45, 2.75) is 31.8 Å². The number of rotatable bonds is 21. The Balaban J connectivity index is 0.804. The second-order valence-corrected chi connectivity index (χ2v) is 16.3. The maximum absolute atomic E-state index is 16.4. The van der Waals surface area contributed by atoms with Crippen molar-refractivity contribution in [2.24, 2.45) is 0 Å². The highest BCUT2D eigenvalue weighted by atomic mass is 35.5. The summed E-state index contributed by atoms with van der Waals surface area (Å²) in [6, 6.07) is 9.49. The molecule has 2 fully saturated rings. The molecule has 7 rings (SSSR count). The third kappa shape index (κ3) is 11.6. The van der Waals surface area contributed by atoms with E-state index < -0.39 is 34.9 Å². The zero-order valence-corrected chi connectivity index (χ0v) is 37.6. The maximum Gasteiger partial charge on any atom is 0.255 e. The summed E-state index contributed by atoms with van der Waals surface area (Å²) in [6.07, 6.45) is 1.77. The van der Waals surface area contributed by atoms with Crippen LogP contribution in [-0.2, 0) is 39.9 Å². The highest BCUT2D eigenvalue weighted by molar-refractivity contribution is 6.34. The minimum Gasteiger partial charge on any atom is -0.507 e. The summed E-state index contributed by atoms with van der Waals surface area (Å²) in [4.78, 5) is 77.5. The van der Waals surface area contributed by atoms with E-state index >= 15 is 4.39 Å². The number of hydrogen-bond acceptors (Lipinski definition) is 14. The molecule has 1 unspecified atom stereocenters. The summed E-state index contributed by atoms with van der Waals surface area (Å²) in [6.45, 7) is 7.76. The normalized spacial score (nSPS) is 16.0. The Hall–Kier alpha value is -6.48. The van der Waals surface area contributed by atoms with Crippen molar-refractivity contribution in [1.29, 1.82) is 0 Å². The second kappa shape index (κ2) is 22.3. The number of nitrogens with zero attached hydrogens (tertiary/aromatic N) is 6. The highest BCUT2D eigenvalue weighted by Crippen LogP contribution is 2.42. The molecular formula is C46H51ClF2N8O10. The molecule has 3 N–H and O–H groups in total. The number of phenolic OH excluding ortho intramolecular Hbond substituents is 1. The second-order valence-electron chi connectivity index (χ2n) is 15.9. The first-order chi connectivity index (χ1) is 32.3. The molecule has 4 aromatic rings. The Labute approximate surface area is 389 Å². The van der Waals surface area contributed by atoms with Crippen LogP contribution in [0.3, 0.4) is 0 Å². The Morgan fingerprint density at radius 1 is 0.970 bits per heavy atom. The summed E-state index contributed by atoms with van der Waals surface area (Å²) in [5.74, 6) is -2.90. The van der Waals surface area contributed by atoms with Gasteiger partial charge in [0.1, 0.15) is 41.3 Å². The Morgan fingerprint density at radius 3 is 2.39 bits per heavy atom. The SMILES string of the molecule is C=CC(=O)N1CCN(c2nc(NCCC(=O)N(C)CCOCCOCCOCCOc3ccc4c(c3)CN(C3CCC(=O)NC3=O)C4=O)nc3c(F)c(-c4c(O)cccc4F)c(Cl)cc23)CC1. The van der Waals surface area contributed by atoms with Crippen molar-refractivity contribution in [3.63, 3.8) is 0 Å². The van der Waals surface area contributed by atoms with E-state index in [9.17, 15) is 33.5 Å². The van der Waals surface area contributed by atoms with Crippen molar-refractivity contribution in [3.8, 4) is 22.6 Å². The molecule has 18 nitrogen and oxygen atoms in total. The molecule has 0 aliphatic carbocycles. The fraction of sp³-hybridized carbons (Fsp3) is 0.413. The summed E-state index contributed by atoms with van der Waals surface area (Å²) in [5, 5.41) is 15.9. The zero-order chi connectivity index (χ0) is 47.6. The van der Waals surface area contributed by atoms with Gasteiger partial charge < -0.3 is 49.0 Å². The van der Waals surface area contributed by atoms with Crippen LogP contribution in [0.2, 0.25) is 5.02 Å². The van der Waals surface area contributed by atoms with E-state index in [0.717, 1.165) is 11.6 Å². The van der Waals surface area contributed by atoms with E-state index in [1.807, 2.05) is 4.90 Å². The molecule has 0 bridgehead atoms. The monoisotopic (exact) mass is 948 g/mol. The van der Waals surface area contributed by atoms with Gasteiger partial charge in [0.05, 0.1) is 50.2 Å². The Bertz CT molecular complexity index is 2510. The maximum atomic E-state index is 16.4. The number of anilines is 2. The van der Waals surface area contributed by atoms with Crippen LogP contribution in [0.25, 0.3) is 22.0 Å². The minimum atomic E-state index is -0.968. The number of imide groups is 1. The summed E-state index contributed by atoms with van der Waals surface area (Å²) in [7, 11) is 1.65. The standard InChI is InChI=1S/C46H51ClF2N8O10/c1-3-37(60)55-13-15-56(16-14-55)43-31-26-32(47)39(40-33(48)5-4-6-35(40)58)41(49)42(31)52-46(53-43)50-12-11-38(61)54(2)17-18-64-19-20-65-21-22-66-23-24-67-29-7-8-30-28(25-29)27-57(45(30)63)34-9-10-36(59)51-44(34)62/h3-8,25-26,34,58H,1,9-24,27H2,2H3,(H,50,52,53)(H,51,59,62). The first kappa shape index (κ1) is 48.5. The lowest BCUT2D eigenvalue weighted by molar-refractivity contribution is -0.137. The minimum absolute atomic E-state index is 0.00645. The van der Waals surface area contributed by atoms with Crippen molar-refractivity contribution in [2.75, 3.05) is 103 Å². The first-order valence-electron chi connectivity index (χ1n) is 21.8. The van der Waals surface area contributed by atoms with Crippen molar-refractivity contribution >= 4 is 63.8 Å². The zero-order valence-electron chi connectivity index (χ0n) is 36.9. The molecule has 3 aromatic carbocycles. The van der Waals surface area contributed by atoms with Gasteiger partial charge in [-0.25, -0.2) is 13.8 Å². The average molecular weight is 949 g/mol. The fourth-order valence-corrected chi connectivity index (χ4v) is 8.24. The lowest BCUT2D eigenvalue weighted by Crippen LogP contribution is -2.52. The van der Waals surface area contributed by atoms with Gasteiger partial charge in [0.25, 0.3) is 5.91 Å². The van der Waals surface area contributed by atoms with Gasteiger partial charge in [-0.15, -0.1) is 0 Å². The number of aromatic nitrogens is 2. The molecule has 1 aromatic heterocycles. The molecule has 0 radical (unpaired) electrons. The van der Waals surface area contributed by atoms with Crippen molar-refractivity contribution < 1.29 is 56.8 Å². The van der Waals surface area contributed by atoms with Crippen LogP contribution in [0.5, 0.6) is 11.5 Å². The van der Waals surface area contributed by atoms with E-state index in [-0.39, 0.29) is 90.2 Å². The summed E-state index contributed by atoms with van der Waals surface area (Å²) in [5.41, 5.74) is 0.303. The molecule has 356 valence electrons. The van der Waals surface area contributed by atoms with Gasteiger partial charge in [0, 0.05) is 82.2 Å². The number of benzene rings is 3. The van der Waals surface area contributed by atoms with Crippen LogP contribution in [0.4, 0.5) is 20.5 Å². The quantitative estimate of drug-likeness (QED) is 0.0616. The van der Waals surface area contributed by atoms with Crippen molar-refractivity contribution in [3.05, 3.63) is 82.9 Å². The molecule has 4 heterocycles. The number of aromatic hydroxyl groups is 1. The van der Waals surface area contributed by atoms with Gasteiger partial charge >= 0.3 is 0 Å². The average Bonchev–Trinajstić information content (AvgIpc) is 3.64.